The number of rotatable bonds is 2. The van der Waals surface area contributed by atoms with Gasteiger partial charge in [-0.2, -0.15) is 0 Å². The van der Waals surface area contributed by atoms with Gasteiger partial charge >= 0.3 is 0 Å². The van der Waals surface area contributed by atoms with E-state index in [9.17, 15) is 5.11 Å². The zero-order valence-electron chi connectivity index (χ0n) is 6.63. The first kappa shape index (κ1) is 9.51. The summed E-state index contributed by atoms with van der Waals surface area (Å²) in [6.07, 6.45) is 0. The van der Waals surface area contributed by atoms with E-state index in [-0.39, 0.29) is 5.75 Å². The highest BCUT2D eigenvalue weighted by molar-refractivity contribution is 9.10. The fraction of sp³-hybridized carbons (Fsp3) is 0.250. The largest absolute Gasteiger partial charge is 0.508 e. The number of phenolic OH excluding ortho intramolecular Hbond substituents is 1. The molecule has 0 aliphatic rings. The highest BCUT2D eigenvalue weighted by atomic mass is 79.9. The molecule has 4 heteroatoms. The van der Waals surface area contributed by atoms with Crippen LogP contribution in [0.2, 0.25) is 0 Å². The van der Waals surface area contributed by atoms with Gasteiger partial charge in [0.1, 0.15) is 5.75 Å². The highest BCUT2D eigenvalue weighted by Crippen LogP contribution is 2.26. The van der Waals surface area contributed by atoms with Crippen molar-refractivity contribution < 1.29 is 10.3 Å². The molecule has 3 nitrogen and oxygen atoms in total. The molecule has 0 spiro atoms. The van der Waals surface area contributed by atoms with Gasteiger partial charge in [0.15, 0.2) is 0 Å². The van der Waals surface area contributed by atoms with Crippen LogP contribution in [0.1, 0.15) is 11.1 Å². The van der Waals surface area contributed by atoms with Crippen molar-refractivity contribution in [2.24, 2.45) is 0 Å². The third-order valence-electron chi connectivity index (χ3n) is 1.66. The molecule has 0 atom stereocenters. The number of nitrogens with one attached hydrogen (secondary N) is 1. The molecule has 0 saturated carbocycles. The maximum absolute atomic E-state index is 9.37. The average Bonchev–Trinajstić information content (AvgIpc) is 2.01. The first-order chi connectivity index (χ1) is 5.65. The number of hydrogen-bond acceptors (Lipinski definition) is 3. The van der Waals surface area contributed by atoms with E-state index in [1.165, 1.54) is 0 Å². The number of halogens is 1. The predicted octanol–water partition coefficient (Wildman–Crippen LogP) is 1.94. The molecule has 0 bridgehead atoms. The Kier molecular flexibility index (Phi) is 3.08. The Morgan fingerprint density at radius 1 is 1.50 bits per heavy atom. The average molecular weight is 232 g/mol. The van der Waals surface area contributed by atoms with Crippen molar-refractivity contribution in [3.63, 3.8) is 0 Å². The molecule has 0 unspecified atom stereocenters. The van der Waals surface area contributed by atoms with E-state index in [2.05, 4.69) is 15.9 Å². The van der Waals surface area contributed by atoms with E-state index >= 15 is 0 Å². The van der Waals surface area contributed by atoms with Crippen LogP contribution in [0.5, 0.6) is 5.75 Å². The first-order valence-corrected chi connectivity index (χ1v) is 4.29. The van der Waals surface area contributed by atoms with Crippen LogP contribution < -0.4 is 5.48 Å². The van der Waals surface area contributed by atoms with Crippen molar-refractivity contribution >= 4 is 15.9 Å². The molecule has 0 aliphatic heterocycles. The molecular weight excluding hydrogens is 222 g/mol. The standard InChI is InChI=1S/C8H10BrNO2/c1-5-7(9)2-6(4-10-12)3-8(5)11/h2-3,10-12H,4H2,1H3. The highest BCUT2D eigenvalue weighted by Gasteiger charge is 2.03. The zero-order valence-corrected chi connectivity index (χ0v) is 8.22. The number of phenols is 1. The number of aromatic hydroxyl groups is 1. The lowest BCUT2D eigenvalue weighted by Gasteiger charge is -2.05. The smallest absolute Gasteiger partial charge is 0.119 e. The van der Waals surface area contributed by atoms with E-state index < -0.39 is 0 Å². The molecule has 0 aromatic heterocycles. The minimum absolute atomic E-state index is 0.231. The molecule has 0 heterocycles. The van der Waals surface area contributed by atoms with Gasteiger partial charge in [0.2, 0.25) is 0 Å². The van der Waals surface area contributed by atoms with Gasteiger partial charge in [-0.1, -0.05) is 15.9 Å². The summed E-state index contributed by atoms with van der Waals surface area (Å²) in [4.78, 5) is 0. The molecule has 0 radical (unpaired) electrons. The normalized spacial score (nSPS) is 10.2. The van der Waals surface area contributed by atoms with Crippen molar-refractivity contribution in [3.05, 3.63) is 27.7 Å². The van der Waals surface area contributed by atoms with Crippen molar-refractivity contribution in [1.29, 1.82) is 0 Å². The first-order valence-electron chi connectivity index (χ1n) is 3.50. The zero-order chi connectivity index (χ0) is 9.14. The molecule has 12 heavy (non-hydrogen) atoms. The molecule has 66 valence electrons. The van der Waals surface area contributed by atoms with Crippen LogP contribution >= 0.6 is 15.9 Å². The van der Waals surface area contributed by atoms with Gasteiger partial charge in [0.05, 0.1) is 0 Å². The second-order valence-electron chi connectivity index (χ2n) is 2.56. The Labute approximate surface area is 79.1 Å². The molecular formula is C8H10BrNO2. The third-order valence-corrected chi connectivity index (χ3v) is 2.48. The topological polar surface area (TPSA) is 52.5 Å². The fourth-order valence-electron chi connectivity index (χ4n) is 0.912. The lowest BCUT2D eigenvalue weighted by atomic mass is 10.1. The summed E-state index contributed by atoms with van der Waals surface area (Å²) in [5, 5.41) is 17.8. The quantitative estimate of drug-likeness (QED) is 0.683. The van der Waals surface area contributed by atoms with Crippen LogP contribution in [-0.2, 0) is 6.54 Å². The van der Waals surface area contributed by atoms with Crippen molar-refractivity contribution in [1.82, 2.24) is 5.48 Å². The lowest BCUT2D eigenvalue weighted by molar-refractivity contribution is 0.161. The molecule has 0 saturated heterocycles. The summed E-state index contributed by atoms with van der Waals surface area (Å²) in [5.41, 5.74) is 3.65. The molecule has 0 amide bonds. The Morgan fingerprint density at radius 3 is 2.67 bits per heavy atom. The fourth-order valence-corrected chi connectivity index (χ4v) is 1.41. The number of hydroxylamine groups is 1. The van der Waals surface area contributed by atoms with Gasteiger partial charge in [0, 0.05) is 16.6 Å². The van der Waals surface area contributed by atoms with Crippen LogP contribution in [0.4, 0.5) is 0 Å². The third kappa shape index (κ3) is 1.97. The molecule has 1 aromatic carbocycles. The molecule has 0 aliphatic carbocycles. The Morgan fingerprint density at radius 2 is 2.17 bits per heavy atom. The van der Waals surface area contributed by atoms with Crippen molar-refractivity contribution in [3.8, 4) is 5.75 Å². The summed E-state index contributed by atoms with van der Waals surface area (Å²) < 4.78 is 0.841. The summed E-state index contributed by atoms with van der Waals surface area (Å²) in [5.74, 6) is 0.231. The minimum Gasteiger partial charge on any atom is -0.508 e. The SMILES string of the molecule is Cc1c(O)cc(CNO)cc1Br. The lowest BCUT2D eigenvalue weighted by Crippen LogP contribution is -2.05. The van der Waals surface area contributed by atoms with Gasteiger partial charge in [-0.15, -0.1) is 0 Å². The van der Waals surface area contributed by atoms with Crippen molar-refractivity contribution in [2.75, 3.05) is 0 Å². The molecule has 0 fully saturated rings. The predicted molar refractivity (Wildman–Crippen MR) is 49.2 cm³/mol. The summed E-state index contributed by atoms with van der Waals surface area (Å²) in [6, 6.07) is 3.46. The van der Waals surface area contributed by atoms with Gasteiger partial charge in [-0.3, -0.25) is 0 Å². The maximum Gasteiger partial charge on any atom is 0.119 e. The Hall–Kier alpha value is -0.580. The Balaban J connectivity index is 3.04. The van der Waals surface area contributed by atoms with Gasteiger partial charge in [0.25, 0.3) is 0 Å². The van der Waals surface area contributed by atoms with Crippen LogP contribution in [0.3, 0.4) is 0 Å². The van der Waals surface area contributed by atoms with E-state index in [1.54, 1.807) is 6.07 Å². The molecule has 3 N–H and O–H groups in total. The maximum atomic E-state index is 9.37. The molecule has 1 rings (SSSR count). The van der Waals surface area contributed by atoms with E-state index in [0.717, 1.165) is 15.6 Å². The van der Waals surface area contributed by atoms with Crippen LogP contribution in [-0.4, -0.2) is 10.3 Å². The monoisotopic (exact) mass is 231 g/mol. The second-order valence-corrected chi connectivity index (χ2v) is 3.41. The summed E-state index contributed by atoms with van der Waals surface area (Å²) in [6.45, 7) is 2.14. The van der Waals surface area contributed by atoms with Crippen molar-refractivity contribution in [2.45, 2.75) is 13.5 Å². The Bertz CT molecular complexity index is 265. The number of hydrogen-bond donors (Lipinski definition) is 3. The van der Waals surface area contributed by atoms with Crippen LogP contribution in [0.25, 0.3) is 0 Å². The van der Waals surface area contributed by atoms with Gasteiger partial charge < -0.3 is 10.3 Å². The van der Waals surface area contributed by atoms with E-state index in [1.807, 2.05) is 18.5 Å². The van der Waals surface area contributed by atoms with Crippen LogP contribution in [0, 0.1) is 6.92 Å². The van der Waals surface area contributed by atoms with E-state index in [0.29, 0.717) is 6.54 Å². The van der Waals surface area contributed by atoms with Gasteiger partial charge in [-0.05, 0) is 24.6 Å². The molecule has 1 aromatic rings. The van der Waals surface area contributed by atoms with Gasteiger partial charge in [-0.25, -0.2) is 5.48 Å². The number of benzene rings is 1. The minimum atomic E-state index is 0.231. The summed E-state index contributed by atoms with van der Waals surface area (Å²) >= 11 is 3.30. The van der Waals surface area contributed by atoms with Crippen LogP contribution in [0.15, 0.2) is 16.6 Å². The second kappa shape index (κ2) is 3.89. The summed E-state index contributed by atoms with van der Waals surface area (Å²) in [7, 11) is 0. The van der Waals surface area contributed by atoms with E-state index in [4.69, 9.17) is 5.21 Å².